The Morgan fingerprint density at radius 1 is 1.67 bits per heavy atom. The van der Waals surface area contributed by atoms with E-state index in [0.29, 0.717) is 18.7 Å². The minimum Gasteiger partial charge on any atom is -0.384 e. The van der Waals surface area contributed by atoms with Crippen molar-refractivity contribution in [3.8, 4) is 6.07 Å². The predicted octanol–water partition coefficient (Wildman–Crippen LogP) is 0.501. The molecule has 0 radical (unpaired) electrons. The Balaban J connectivity index is 2.44. The Morgan fingerprint density at radius 3 is 3.13 bits per heavy atom. The van der Waals surface area contributed by atoms with Crippen molar-refractivity contribution in [2.75, 3.05) is 18.9 Å². The summed E-state index contributed by atoms with van der Waals surface area (Å²) >= 11 is 0. The van der Waals surface area contributed by atoms with Crippen molar-refractivity contribution in [1.29, 1.82) is 5.26 Å². The molecule has 15 heavy (non-hydrogen) atoms. The quantitative estimate of drug-likeness (QED) is 0.748. The van der Waals surface area contributed by atoms with Gasteiger partial charge < -0.3 is 10.6 Å². The molecule has 5 nitrogen and oxygen atoms in total. The van der Waals surface area contributed by atoms with E-state index in [-0.39, 0.29) is 5.91 Å². The lowest BCUT2D eigenvalue weighted by molar-refractivity contribution is -0.120. The molecule has 5 heteroatoms. The number of nitrogens with one attached hydrogen (secondary N) is 2. The molecule has 0 bridgehead atoms. The van der Waals surface area contributed by atoms with Gasteiger partial charge in [-0.3, -0.25) is 4.79 Å². The molecule has 0 saturated heterocycles. The van der Waals surface area contributed by atoms with Crippen LogP contribution < -0.4 is 10.6 Å². The zero-order chi connectivity index (χ0) is 11.1. The van der Waals surface area contributed by atoms with Gasteiger partial charge >= 0.3 is 0 Å². The molecule has 0 saturated carbocycles. The third-order valence-electron chi connectivity index (χ3n) is 1.83. The van der Waals surface area contributed by atoms with E-state index in [1.165, 1.54) is 0 Å². The number of aromatic nitrogens is 1. The van der Waals surface area contributed by atoms with E-state index in [1.54, 1.807) is 25.4 Å². The lowest BCUT2D eigenvalue weighted by atomic mass is 10.3. The molecule has 0 aliphatic carbocycles. The van der Waals surface area contributed by atoms with Gasteiger partial charge in [0.1, 0.15) is 11.8 Å². The number of hydrogen-bond donors (Lipinski definition) is 2. The van der Waals surface area contributed by atoms with Crippen LogP contribution in [0.15, 0.2) is 18.3 Å². The zero-order valence-electron chi connectivity index (χ0n) is 8.45. The number of anilines is 1. The van der Waals surface area contributed by atoms with Crippen molar-refractivity contribution in [1.82, 2.24) is 10.3 Å². The van der Waals surface area contributed by atoms with Gasteiger partial charge in [0.05, 0.1) is 0 Å². The predicted molar refractivity (Wildman–Crippen MR) is 56.1 cm³/mol. The summed E-state index contributed by atoms with van der Waals surface area (Å²) in [5, 5.41) is 14.2. The molecule has 0 aliphatic heterocycles. The SMILES string of the molecule is CNC(=O)CCNc1ccnc(C#N)c1. The first kappa shape index (κ1) is 11.0. The second-order valence-electron chi connectivity index (χ2n) is 2.89. The number of pyridine rings is 1. The van der Waals surface area contributed by atoms with E-state index in [2.05, 4.69) is 15.6 Å². The Hall–Kier alpha value is -2.09. The van der Waals surface area contributed by atoms with E-state index in [0.717, 1.165) is 5.69 Å². The molecular formula is C10H12N4O. The van der Waals surface area contributed by atoms with Crippen LogP contribution in [0.2, 0.25) is 0 Å². The molecule has 78 valence electrons. The van der Waals surface area contributed by atoms with Crippen LogP contribution in [-0.2, 0) is 4.79 Å². The van der Waals surface area contributed by atoms with Gasteiger partial charge in [0.15, 0.2) is 0 Å². The molecule has 1 amide bonds. The van der Waals surface area contributed by atoms with Crippen LogP contribution in [0.1, 0.15) is 12.1 Å². The minimum absolute atomic E-state index is 0.0166. The van der Waals surface area contributed by atoms with Crippen molar-refractivity contribution >= 4 is 11.6 Å². The second-order valence-corrected chi connectivity index (χ2v) is 2.89. The lowest BCUT2D eigenvalue weighted by Gasteiger charge is -2.05. The van der Waals surface area contributed by atoms with Crippen LogP contribution in [0.25, 0.3) is 0 Å². The molecule has 0 spiro atoms. The fraction of sp³-hybridized carbons (Fsp3) is 0.300. The van der Waals surface area contributed by atoms with Crippen LogP contribution >= 0.6 is 0 Å². The Kier molecular flexibility index (Phi) is 4.10. The summed E-state index contributed by atoms with van der Waals surface area (Å²) in [5.41, 5.74) is 1.16. The highest BCUT2D eigenvalue weighted by Crippen LogP contribution is 2.06. The summed E-state index contributed by atoms with van der Waals surface area (Å²) in [7, 11) is 1.60. The number of carbonyl (C=O) groups excluding carboxylic acids is 1. The number of nitrogens with zero attached hydrogens (tertiary/aromatic N) is 2. The van der Waals surface area contributed by atoms with Crippen molar-refractivity contribution in [2.24, 2.45) is 0 Å². The number of hydrogen-bond acceptors (Lipinski definition) is 4. The molecule has 2 N–H and O–H groups in total. The van der Waals surface area contributed by atoms with Gasteiger partial charge in [0.2, 0.25) is 5.91 Å². The highest BCUT2D eigenvalue weighted by Gasteiger charge is 1.98. The van der Waals surface area contributed by atoms with Crippen molar-refractivity contribution < 1.29 is 4.79 Å². The van der Waals surface area contributed by atoms with Crippen LogP contribution in [0.4, 0.5) is 5.69 Å². The number of carbonyl (C=O) groups is 1. The van der Waals surface area contributed by atoms with Gasteiger partial charge in [-0.25, -0.2) is 4.98 Å². The summed E-state index contributed by atoms with van der Waals surface area (Å²) in [6.07, 6.45) is 1.96. The molecule has 0 aromatic carbocycles. The van der Waals surface area contributed by atoms with Crippen molar-refractivity contribution in [3.63, 3.8) is 0 Å². The average Bonchev–Trinajstić information content (AvgIpc) is 2.29. The smallest absolute Gasteiger partial charge is 0.221 e. The van der Waals surface area contributed by atoms with Gasteiger partial charge in [0.25, 0.3) is 0 Å². The highest BCUT2D eigenvalue weighted by atomic mass is 16.1. The average molecular weight is 204 g/mol. The first-order valence-electron chi connectivity index (χ1n) is 4.57. The normalized spacial score (nSPS) is 9.07. The maximum Gasteiger partial charge on any atom is 0.221 e. The van der Waals surface area contributed by atoms with E-state index in [1.807, 2.05) is 6.07 Å². The molecule has 1 aromatic heterocycles. The maximum atomic E-state index is 10.9. The third-order valence-corrected chi connectivity index (χ3v) is 1.83. The van der Waals surface area contributed by atoms with Crippen molar-refractivity contribution in [2.45, 2.75) is 6.42 Å². The fourth-order valence-corrected chi connectivity index (χ4v) is 1.05. The van der Waals surface area contributed by atoms with Gasteiger partial charge in [0, 0.05) is 31.9 Å². The Bertz CT molecular complexity index is 383. The largest absolute Gasteiger partial charge is 0.384 e. The monoisotopic (exact) mass is 204 g/mol. The summed E-state index contributed by atoms with van der Waals surface area (Å²) in [5.74, 6) is -0.0166. The van der Waals surface area contributed by atoms with Crippen LogP contribution in [0.5, 0.6) is 0 Å². The summed E-state index contributed by atoms with van der Waals surface area (Å²) < 4.78 is 0. The van der Waals surface area contributed by atoms with Gasteiger partial charge in [-0.05, 0) is 12.1 Å². The van der Waals surface area contributed by atoms with Crippen molar-refractivity contribution in [3.05, 3.63) is 24.0 Å². The third kappa shape index (κ3) is 3.65. The van der Waals surface area contributed by atoms with Gasteiger partial charge in [-0.15, -0.1) is 0 Å². The van der Waals surface area contributed by atoms with E-state index in [9.17, 15) is 4.79 Å². The first-order valence-corrected chi connectivity index (χ1v) is 4.57. The summed E-state index contributed by atoms with van der Waals surface area (Å²) in [6.45, 7) is 0.536. The highest BCUT2D eigenvalue weighted by molar-refractivity contribution is 5.76. The lowest BCUT2D eigenvalue weighted by Crippen LogP contribution is -2.20. The Morgan fingerprint density at radius 2 is 2.47 bits per heavy atom. The van der Waals surface area contributed by atoms with Crippen LogP contribution in [-0.4, -0.2) is 24.5 Å². The number of nitriles is 1. The van der Waals surface area contributed by atoms with E-state index < -0.39 is 0 Å². The standard InChI is InChI=1S/C10H12N4O/c1-12-10(15)3-5-13-8-2-4-14-9(6-8)7-11/h2,4,6H,3,5H2,1H3,(H,12,15)(H,13,14). The molecule has 1 rings (SSSR count). The maximum absolute atomic E-state index is 10.9. The minimum atomic E-state index is -0.0166. The zero-order valence-corrected chi connectivity index (χ0v) is 8.45. The fourth-order valence-electron chi connectivity index (χ4n) is 1.05. The molecule has 1 heterocycles. The van der Waals surface area contributed by atoms with E-state index >= 15 is 0 Å². The van der Waals surface area contributed by atoms with Crippen LogP contribution in [0, 0.1) is 11.3 Å². The van der Waals surface area contributed by atoms with Gasteiger partial charge in [-0.1, -0.05) is 0 Å². The second kappa shape index (κ2) is 5.60. The Labute approximate surface area is 88.1 Å². The number of rotatable bonds is 4. The molecule has 0 unspecified atom stereocenters. The summed E-state index contributed by atoms with van der Waals surface area (Å²) in [4.78, 5) is 14.7. The summed E-state index contributed by atoms with van der Waals surface area (Å²) in [6, 6.07) is 5.34. The molecule has 0 atom stereocenters. The number of amides is 1. The molecule has 0 fully saturated rings. The molecule has 0 aliphatic rings. The van der Waals surface area contributed by atoms with E-state index in [4.69, 9.17) is 5.26 Å². The van der Waals surface area contributed by atoms with Gasteiger partial charge in [-0.2, -0.15) is 5.26 Å². The molecule has 1 aromatic rings. The molecular weight excluding hydrogens is 192 g/mol. The van der Waals surface area contributed by atoms with Crippen LogP contribution in [0.3, 0.4) is 0 Å². The first-order chi connectivity index (χ1) is 7.26. The topological polar surface area (TPSA) is 77.8 Å².